The number of rotatable bonds is 3. The smallest absolute Gasteiger partial charge is 0.335 e. The standard InChI is InChI=1S/C16H16O8/c17-9-5-1-4-8-7(9)3-2-6-10(8)23-16-13(20)11(18)12(19)14(24-16)15(21)22/h1-6,11-14,16-20H,(H,21,22)/t11-,12-,13+,14-,16+/m0/s1. The van der Waals surface area contributed by atoms with E-state index >= 15 is 0 Å². The van der Waals surface area contributed by atoms with Crippen LogP contribution in [0.1, 0.15) is 0 Å². The SMILES string of the molecule is O=C(O)[C@H]1O[C@@H](Oc2cccc3c(O)cccc23)[C@H](O)[C@@H](O)[C@@H]1O. The van der Waals surface area contributed by atoms with E-state index in [0.717, 1.165) is 0 Å². The quantitative estimate of drug-likeness (QED) is 0.520. The van der Waals surface area contributed by atoms with Gasteiger partial charge in [-0.2, -0.15) is 0 Å². The van der Waals surface area contributed by atoms with Crippen molar-refractivity contribution < 1.29 is 39.8 Å². The van der Waals surface area contributed by atoms with Gasteiger partial charge in [-0.25, -0.2) is 4.79 Å². The third kappa shape index (κ3) is 2.76. The van der Waals surface area contributed by atoms with Gasteiger partial charge in [-0.05, 0) is 12.1 Å². The molecule has 5 N–H and O–H groups in total. The van der Waals surface area contributed by atoms with Crippen LogP contribution in [0.15, 0.2) is 36.4 Å². The van der Waals surface area contributed by atoms with Crippen LogP contribution in [-0.4, -0.2) is 62.2 Å². The molecule has 0 aromatic heterocycles. The number of aromatic hydroxyl groups is 1. The summed E-state index contributed by atoms with van der Waals surface area (Å²) in [5.41, 5.74) is 0. The molecule has 1 saturated heterocycles. The van der Waals surface area contributed by atoms with Crippen molar-refractivity contribution in [3.63, 3.8) is 0 Å². The van der Waals surface area contributed by atoms with Gasteiger partial charge >= 0.3 is 5.97 Å². The van der Waals surface area contributed by atoms with Crippen LogP contribution in [0.3, 0.4) is 0 Å². The van der Waals surface area contributed by atoms with Crippen LogP contribution in [-0.2, 0) is 9.53 Å². The number of aliphatic carboxylic acids is 1. The van der Waals surface area contributed by atoms with E-state index in [9.17, 15) is 25.2 Å². The molecule has 8 heteroatoms. The summed E-state index contributed by atoms with van der Waals surface area (Å²) in [6.07, 6.45) is -8.42. The molecule has 1 fully saturated rings. The van der Waals surface area contributed by atoms with E-state index in [1.165, 1.54) is 6.07 Å². The summed E-state index contributed by atoms with van der Waals surface area (Å²) in [5.74, 6) is -1.24. The number of fused-ring (bicyclic) bond motifs is 1. The lowest BCUT2D eigenvalue weighted by Gasteiger charge is -2.38. The molecule has 0 saturated carbocycles. The predicted octanol–water partition coefficient (Wildman–Crippen LogP) is -0.184. The second-order valence-electron chi connectivity index (χ2n) is 5.48. The molecule has 0 unspecified atom stereocenters. The molecule has 1 aliphatic rings. The van der Waals surface area contributed by atoms with Gasteiger partial charge in [0.2, 0.25) is 6.29 Å². The molecule has 8 nitrogen and oxygen atoms in total. The van der Waals surface area contributed by atoms with Gasteiger partial charge in [-0.3, -0.25) is 0 Å². The first kappa shape index (κ1) is 16.5. The van der Waals surface area contributed by atoms with Crippen molar-refractivity contribution in [1.82, 2.24) is 0 Å². The van der Waals surface area contributed by atoms with Gasteiger partial charge in [0.05, 0.1) is 0 Å². The van der Waals surface area contributed by atoms with E-state index in [1.807, 2.05) is 0 Å². The maximum atomic E-state index is 11.1. The molecule has 0 radical (unpaired) electrons. The minimum atomic E-state index is -1.78. The average molecular weight is 336 g/mol. The van der Waals surface area contributed by atoms with E-state index in [4.69, 9.17) is 14.6 Å². The van der Waals surface area contributed by atoms with Crippen molar-refractivity contribution in [3.8, 4) is 11.5 Å². The Hall–Kier alpha value is -2.39. The van der Waals surface area contributed by atoms with E-state index in [0.29, 0.717) is 10.8 Å². The van der Waals surface area contributed by atoms with Crippen molar-refractivity contribution in [1.29, 1.82) is 0 Å². The zero-order valence-electron chi connectivity index (χ0n) is 12.3. The lowest BCUT2D eigenvalue weighted by atomic mass is 9.99. The first-order chi connectivity index (χ1) is 11.4. The molecule has 0 amide bonds. The fourth-order valence-corrected chi connectivity index (χ4v) is 2.64. The van der Waals surface area contributed by atoms with Gasteiger partial charge < -0.3 is 35.0 Å². The zero-order chi connectivity index (χ0) is 17.4. The number of benzene rings is 2. The van der Waals surface area contributed by atoms with Gasteiger partial charge in [-0.15, -0.1) is 0 Å². The highest BCUT2D eigenvalue weighted by Gasteiger charge is 2.48. The Morgan fingerprint density at radius 3 is 2.33 bits per heavy atom. The highest BCUT2D eigenvalue weighted by atomic mass is 16.7. The molecular weight excluding hydrogens is 320 g/mol. The zero-order valence-corrected chi connectivity index (χ0v) is 12.3. The Labute approximate surface area is 136 Å². The second kappa shape index (κ2) is 6.25. The molecule has 3 rings (SSSR count). The number of carbonyl (C=O) groups is 1. The van der Waals surface area contributed by atoms with Crippen molar-refractivity contribution in [2.45, 2.75) is 30.7 Å². The first-order valence-electron chi connectivity index (χ1n) is 7.20. The number of carboxylic acid groups (broad SMARTS) is 1. The van der Waals surface area contributed by atoms with Crippen LogP contribution in [0.5, 0.6) is 11.5 Å². The third-order valence-electron chi connectivity index (χ3n) is 3.92. The maximum Gasteiger partial charge on any atom is 0.335 e. The van der Waals surface area contributed by atoms with Gasteiger partial charge in [0.25, 0.3) is 0 Å². The number of aliphatic hydroxyl groups excluding tert-OH is 3. The Kier molecular flexibility index (Phi) is 4.29. The molecule has 1 aliphatic heterocycles. The number of aliphatic hydroxyl groups is 3. The Balaban J connectivity index is 1.93. The molecule has 1 heterocycles. The van der Waals surface area contributed by atoms with Gasteiger partial charge in [0.1, 0.15) is 29.8 Å². The molecule has 0 spiro atoms. The van der Waals surface area contributed by atoms with Crippen LogP contribution in [0.4, 0.5) is 0 Å². The van der Waals surface area contributed by atoms with Crippen LogP contribution in [0.25, 0.3) is 10.8 Å². The number of carboxylic acids is 1. The molecule has 128 valence electrons. The fraction of sp³-hybridized carbons (Fsp3) is 0.312. The first-order valence-corrected chi connectivity index (χ1v) is 7.20. The minimum absolute atomic E-state index is 0.0296. The van der Waals surface area contributed by atoms with Gasteiger partial charge in [-0.1, -0.05) is 24.3 Å². The van der Waals surface area contributed by atoms with Crippen LogP contribution >= 0.6 is 0 Å². The molecule has 0 bridgehead atoms. The number of hydrogen-bond acceptors (Lipinski definition) is 7. The summed E-state index contributed by atoms with van der Waals surface area (Å²) in [7, 11) is 0. The van der Waals surface area contributed by atoms with E-state index in [2.05, 4.69) is 0 Å². The number of phenols is 1. The monoisotopic (exact) mass is 336 g/mol. The maximum absolute atomic E-state index is 11.1. The Morgan fingerprint density at radius 1 is 0.958 bits per heavy atom. The number of phenolic OH excluding ortho intramolecular Hbond substituents is 1. The Bertz CT molecular complexity index is 761. The molecule has 2 aromatic carbocycles. The van der Waals surface area contributed by atoms with E-state index in [-0.39, 0.29) is 11.5 Å². The molecule has 24 heavy (non-hydrogen) atoms. The van der Waals surface area contributed by atoms with Crippen molar-refractivity contribution in [2.24, 2.45) is 0 Å². The van der Waals surface area contributed by atoms with Crippen LogP contribution in [0.2, 0.25) is 0 Å². The second-order valence-corrected chi connectivity index (χ2v) is 5.48. The largest absolute Gasteiger partial charge is 0.507 e. The summed E-state index contributed by atoms with van der Waals surface area (Å²) in [4.78, 5) is 11.1. The van der Waals surface area contributed by atoms with Crippen LogP contribution in [0, 0.1) is 0 Å². The third-order valence-corrected chi connectivity index (χ3v) is 3.92. The highest BCUT2D eigenvalue weighted by Crippen LogP contribution is 2.33. The van der Waals surface area contributed by atoms with E-state index < -0.39 is 36.7 Å². The summed E-state index contributed by atoms with van der Waals surface area (Å²) in [6.45, 7) is 0. The fourth-order valence-electron chi connectivity index (χ4n) is 2.64. The van der Waals surface area contributed by atoms with Crippen molar-refractivity contribution in [2.75, 3.05) is 0 Å². The van der Waals surface area contributed by atoms with E-state index in [1.54, 1.807) is 30.3 Å². The van der Waals surface area contributed by atoms with Gasteiger partial charge in [0, 0.05) is 10.8 Å². The molecule has 5 atom stereocenters. The summed E-state index contributed by atoms with van der Waals surface area (Å²) in [6, 6.07) is 9.57. The lowest BCUT2D eigenvalue weighted by Crippen LogP contribution is -2.61. The average Bonchev–Trinajstić information content (AvgIpc) is 2.56. The number of ether oxygens (including phenoxy) is 2. The Morgan fingerprint density at radius 2 is 1.62 bits per heavy atom. The molecule has 0 aliphatic carbocycles. The minimum Gasteiger partial charge on any atom is -0.507 e. The summed E-state index contributed by atoms with van der Waals surface area (Å²) >= 11 is 0. The summed E-state index contributed by atoms with van der Waals surface area (Å²) < 4.78 is 10.6. The normalized spacial score (nSPS) is 30.2. The van der Waals surface area contributed by atoms with Crippen LogP contribution < -0.4 is 4.74 Å². The highest BCUT2D eigenvalue weighted by molar-refractivity contribution is 5.92. The number of hydrogen-bond donors (Lipinski definition) is 5. The predicted molar refractivity (Wildman–Crippen MR) is 80.6 cm³/mol. The molecular formula is C16H16O8. The molecule has 2 aromatic rings. The van der Waals surface area contributed by atoms with Crippen molar-refractivity contribution in [3.05, 3.63) is 36.4 Å². The van der Waals surface area contributed by atoms with Gasteiger partial charge in [0.15, 0.2) is 6.10 Å². The van der Waals surface area contributed by atoms with Crippen molar-refractivity contribution >= 4 is 16.7 Å². The lowest BCUT2D eigenvalue weighted by molar-refractivity contribution is -0.270. The summed E-state index contributed by atoms with van der Waals surface area (Å²) in [5, 5.41) is 49.4. The topological polar surface area (TPSA) is 137 Å².